The summed E-state index contributed by atoms with van der Waals surface area (Å²) < 4.78 is 0. The summed E-state index contributed by atoms with van der Waals surface area (Å²) >= 11 is 0. The average Bonchev–Trinajstić information content (AvgIpc) is 3.09. The molecule has 27 heavy (non-hydrogen) atoms. The smallest absolute Gasteiger partial charge is 0.317 e. The third-order valence-electron chi connectivity index (χ3n) is 6.27. The Labute approximate surface area is 161 Å². The average molecular weight is 370 g/mol. The number of fused-ring (bicyclic) bond motifs is 1. The fourth-order valence-electron chi connectivity index (χ4n) is 4.61. The van der Waals surface area contributed by atoms with Gasteiger partial charge in [0, 0.05) is 32.7 Å². The first kappa shape index (κ1) is 18.1. The number of nitrogens with zero attached hydrogens (tertiary/aromatic N) is 2. The first-order valence-corrected chi connectivity index (χ1v) is 10.4. The zero-order valence-electron chi connectivity index (χ0n) is 16.0. The van der Waals surface area contributed by atoms with Crippen molar-refractivity contribution in [1.29, 1.82) is 0 Å². The molecule has 146 valence electrons. The second kappa shape index (κ2) is 8.19. The van der Waals surface area contributed by atoms with Crippen molar-refractivity contribution in [3.63, 3.8) is 0 Å². The van der Waals surface area contributed by atoms with Crippen LogP contribution in [0.15, 0.2) is 24.3 Å². The van der Waals surface area contributed by atoms with E-state index in [0.717, 1.165) is 12.3 Å². The third kappa shape index (κ3) is 4.20. The SMILES string of the molecule is O=C(NCCc1ccc(C2CCCCC2)cc1)N1CCN2C(=O)NCC2C1. The van der Waals surface area contributed by atoms with Gasteiger partial charge in [0.2, 0.25) is 0 Å². The molecule has 2 saturated heterocycles. The van der Waals surface area contributed by atoms with Crippen LogP contribution in [0.4, 0.5) is 9.59 Å². The molecule has 2 aliphatic heterocycles. The quantitative estimate of drug-likeness (QED) is 0.856. The van der Waals surface area contributed by atoms with E-state index < -0.39 is 0 Å². The van der Waals surface area contributed by atoms with E-state index in [-0.39, 0.29) is 18.1 Å². The van der Waals surface area contributed by atoms with E-state index in [9.17, 15) is 9.59 Å². The van der Waals surface area contributed by atoms with Gasteiger partial charge in [0.25, 0.3) is 0 Å². The predicted octanol–water partition coefficient (Wildman–Crippen LogP) is 2.70. The van der Waals surface area contributed by atoms with Crippen LogP contribution in [0.1, 0.15) is 49.1 Å². The van der Waals surface area contributed by atoms with E-state index in [0.29, 0.717) is 32.7 Å². The van der Waals surface area contributed by atoms with Crippen LogP contribution in [0.2, 0.25) is 0 Å². The number of amides is 4. The second-order valence-electron chi connectivity index (χ2n) is 8.04. The largest absolute Gasteiger partial charge is 0.338 e. The van der Waals surface area contributed by atoms with Crippen molar-refractivity contribution in [1.82, 2.24) is 20.4 Å². The number of nitrogens with one attached hydrogen (secondary N) is 2. The van der Waals surface area contributed by atoms with Gasteiger partial charge in [-0.1, -0.05) is 43.5 Å². The molecule has 6 heteroatoms. The Hall–Kier alpha value is -2.24. The summed E-state index contributed by atoms with van der Waals surface area (Å²) in [6.07, 6.45) is 7.60. The molecule has 3 aliphatic rings. The molecule has 0 aromatic heterocycles. The van der Waals surface area contributed by atoms with Gasteiger partial charge in [-0.3, -0.25) is 0 Å². The van der Waals surface area contributed by atoms with Gasteiger partial charge in [-0.25, -0.2) is 9.59 Å². The number of piperazine rings is 1. The van der Waals surface area contributed by atoms with Crippen molar-refractivity contribution in [3.05, 3.63) is 35.4 Å². The minimum absolute atomic E-state index is 0.00303. The normalized spacial score (nSPS) is 23.1. The predicted molar refractivity (Wildman–Crippen MR) is 105 cm³/mol. The van der Waals surface area contributed by atoms with Crippen LogP contribution in [-0.2, 0) is 6.42 Å². The van der Waals surface area contributed by atoms with Crippen LogP contribution in [0, 0.1) is 0 Å². The van der Waals surface area contributed by atoms with E-state index in [1.807, 2.05) is 9.80 Å². The molecule has 2 N–H and O–H groups in total. The lowest BCUT2D eigenvalue weighted by atomic mass is 9.84. The zero-order valence-corrected chi connectivity index (χ0v) is 16.0. The molecule has 3 fully saturated rings. The number of hydrogen-bond acceptors (Lipinski definition) is 2. The molecule has 0 spiro atoms. The van der Waals surface area contributed by atoms with Gasteiger partial charge < -0.3 is 20.4 Å². The Bertz CT molecular complexity index is 669. The maximum atomic E-state index is 12.4. The molecule has 2 heterocycles. The van der Waals surface area contributed by atoms with Crippen LogP contribution >= 0.6 is 0 Å². The maximum Gasteiger partial charge on any atom is 0.317 e. The summed E-state index contributed by atoms with van der Waals surface area (Å²) in [5, 5.41) is 5.88. The molecule has 6 nitrogen and oxygen atoms in total. The second-order valence-corrected chi connectivity index (χ2v) is 8.04. The van der Waals surface area contributed by atoms with Crippen LogP contribution in [0.3, 0.4) is 0 Å². The third-order valence-corrected chi connectivity index (χ3v) is 6.27. The standard InChI is InChI=1S/C21H30N4O2/c26-20(24-12-13-25-19(15-24)14-23-21(25)27)22-11-10-16-6-8-18(9-7-16)17-4-2-1-3-5-17/h6-9,17,19H,1-5,10-15H2,(H,22,26)(H,23,27). The van der Waals surface area contributed by atoms with Gasteiger partial charge in [0.05, 0.1) is 6.04 Å². The number of carbonyl (C=O) groups excluding carboxylic acids is 2. The molecule has 0 bridgehead atoms. The number of rotatable bonds is 4. The lowest BCUT2D eigenvalue weighted by Crippen LogP contribution is -2.56. The van der Waals surface area contributed by atoms with Crippen molar-refractivity contribution in [2.24, 2.45) is 0 Å². The summed E-state index contributed by atoms with van der Waals surface area (Å²) in [6.45, 7) is 3.11. The zero-order chi connectivity index (χ0) is 18.6. The van der Waals surface area contributed by atoms with E-state index in [1.54, 1.807) is 0 Å². The highest BCUT2D eigenvalue weighted by molar-refractivity contribution is 5.78. The van der Waals surface area contributed by atoms with Gasteiger partial charge in [-0.2, -0.15) is 0 Å². The minimum Gasteiger partial charge on any atom is -0.338 e. The molecule has 1 unspecified atom stereocenters. The lowest BCUT2D eigenvalue weighted by molar-refractivity contribution is 0.130. The summed E-state index contributed by atoms with van der Waals surface area (Å²) in [7, 11) is 0. The molecule has 1 atom stereocenters. The fourth-order valence-corrected chi connectivity index (χ4v) is 4.61. The van der Waals surface area contributed by atoms with Crippen molar-refractivity contribution in [3.8, 4) is 0 Å². The van der Waals surface area contributed by atoms with E-state index in [4.69, 9.17) is 0 Å². The molecule has 1 aromatic rings. The molecule has 0 radical (unpaired) electrons. The summed E-state index contributed by atoms with van der Waals surface area (Å²) in [6, 6.07) is 9.07. The first-order valence-electron chi connectivity index (χ1n) is 10.4. The van der Waals surface area contributed by atoms with E-state index in [2.05, 4.69) is 34.9 Å². The Morgan fingerprint density at radius 2 is 1.89 bits per heavy atom. The fraction of sp³-hybridized carbons (Fsp3) is 0.619. The molecule has 4 rings (SSSR count). The molecule has 4 amide bonds. The van der Waals surface area contributed by atoms with Crippen LogP contribution in [0.5, 0.6) is 0 Å². The highest BCUT2D eigenvalue weighted by Crippen LogP contribution is 2.32. The number of urea groups is 2. The molecular formula is C21H30N4O2. The Kier molecular flexibility index (Phi) is 5.50. The monoisotopic (exact) mass is 370 g/mol. The van der Waals surface area contributed by atoms with Gasteiger partial charge in [-0.05, 0) is 36.3 Å². The van der Waals surface area contributed by atoms with Crippen LogP contribution in [-0.4, -0.2) is 60.6 Å². The van der Waals surface area contributed by atoms with E-state index in [1.165, 1.54) is 43.2 Å². The minimum atomic E-state index is -0.0205. The van der Waals surface area contributed by atoms with Gasteiger partial charge in [-0.15, -0.1) is 0 Å². The first-order chi connectivity index (χ1) is 13.2. The van der Waals surface area contributed by atoms with Gasteiger partial charge >= 0.3 is 12.1 Å². The summed E-state index contributed by atoms with van der Waals surface area (Å²) in [5.41, 5.74) is 2.74. The van der Waals surface area contributed by atoms with Crippen molar-refractivity contribution in [2.45, 2.75) is 50.5 Å². The topological polar surface area (TPSA) is 64.7 Å². The Morgan fingerprint density at radius 3 is 2.67 bits per heavy atom. The molecule has 1 aliphatic carbocycles. The highest BCUT2D eigenvalue weighted by Gasteiger charge is 2.36. The van der Waals surface area contributed by atoms with Gasteiger partial charge in [0.15, 0.2) is 0 Å². The van der Waals surface area contributed by atoms with Crippen molar-refractivity contribution >= 4 is 12.1 Å². The summed E-state index contributed by atoms with van der Waals surface area (Å²) in [5.74, 6) is 0.739. The Balaban J connectivity index is 1.21. The van der Waals surface area contributed by atoms with Crippen LogP contribution in [0.25, 0.3) is 0 Å². The lowest BCUT2D eigenvalue weighted by Gasteiger charge is -2.36. The highest BCUT2D eigenvalue weighted by atomic mass is 16.2. The van der Waals surface area contributed by atoms with Crippen molar-refractivity contribution < 1.29 is 9.59 Å². The molecule has 1 saturated carbocycles. The number of carbonyl (C=O) groups is 2. The van der Waals surface area contributed by atoms with Crippen LogP contribution < -0.4 is 10.6 Å². The number of benzene rings is 1. The Morgan fingerprint density at radius 1 is 1.11 bits per heavy atom. The summed E-state index contributed by atoms with van der Waals surface area (Å²) in [4.78, 5) is 27.7. The van der Waals surface area contributed by atoms with Gasteiger partial charge in [0.1, 0.15) is 0 Å². The van der Waals surface area contributed by atoms with Crippen molar-refractivity contribution in [2.75, 3.05) is 32.7 Å². The molecule has 1 aromatic carbocycles. The number of hydrogen-bond donors (Lipinski definition) is 2. The van der Waals surface area contributed by atoms with E-state index >= 15 is 0 Å². The maximum absolute atomic E-state index is 12.4. The molecular weight excluding hydrogens is 340 g/mol.